The summed E-state index contributed by atoms with van der Waals surface area (Å²) < 4.78 is 8.10. The maximum absolute atomic E-state index is 13.3. The fourth-order valence-corrected chi connectivity index (χ4v) is 4.80. The molecule has 0 fully saturated rings. The first kappa shape index (κ1) is 21.6. The van der Waals surface area contributed by atoms with Crippen LogP contribution in [0.25, 0.3) is 3.58 Å². The largest absolute Gasteiger partial charge is 0.497 e. The second-order valence-corrected chi connectivity index (χ2v) is 9.76. The first-order valence-electron chi connectivity index (χ1n) is 8.26. The van der Waals surface area contributed by atoms with Crippen molar-refractivity contribution in [2.75, 3.05) is 7.11 Å². The van der Waals surface area contributed by atoms with E-state index < -0.39 is 0 Å². The number of hydrogen-bond donors (Lipinski definition) is 0. The van der Waals surface area contributed by atoms with Crippen LogP contribution >= 0.6 is 66.2 Å². The van der Waals surface area contributed by atoms with E-state index in [0.717, 1.165) is 28.7 Å². The van der Waals surface area contributed by atoms with Gasteiger partial charge >= 0.3 is 0 Å². The van der Waals surface area contributed by atoms with Gasteiger partial charge in [0.05, 0.1) is 12.0 Å². The molecule has 0 unspecified atom stereocenters. The number of carbonyl (C=O) groups excluding carboxylic acids is 1. The van der Waals surface area contributed by atoms with Crippen molar-refractivity contribution >= 4 is 75.6 Å². The predicted octanol–water partition coefficient (Wildman–Crippen LogP) is 8.00. The number of Topliss-reactive ketones (excluding diaryl/α,β-unsaturated/α-hetero) is 1. The van der Waals surface area contributed by atoms with Crippen molar-refractivity contribution in [3.8, 4) is 5.75 Å². The Hall–Kier alpha value is -1.09. The smallest absolute Gasteiger partial charge is 0.200 e. The Morgan fingerprint density at radius 1 is 0.821 bits per heavy atom. The summed E-state index contributed by atoms with van der Waals surface area (Å²) in [5.74, 6) is 0.789. The van der Waals surface area contributed by atoms with Gasteiger partial charge in [-0.25, -0.2) is 0 Å². The van der Waals surface area contributed by atoms with Gasteiger partial charge in [-0.2, -0.15) is 0 Å². The van der Waals surface area contributed by atoms with Gasteiger partial charge in [0, 0.05) is 23.0 Å². The highest BCUT2D eigenvalue weighted by Crippen LogP contribution is 2.39. The third-order valence-corrected chi connectivity index (χ3v) is 7.58. The first-order valence-corrected chi connectivity index (χ1v) is 11.7. The molecule has 0 N–H and O–H groups in total. The molecule has 0 atom stereocenters. The average Bonchev–Trinajstić information content (AvgIpc) is 2.72. The molecule has 0 aliphatic carbocycles. The average molecular weight is 630 g/mol. The summed E-state index contributed by atoms with van der Waals surface area (Å²) in [5, 5.41) is 0. The fourth-order valence-electron chi connectivity index (χ4n) is 2.41. The molecule has 0 heterocycles. The molecule has 28 heavy (non-hydrogen) atoms. The summed E-state index contributed by atoms with van der Waals surface area (Å²) in [6, 6.07) is 23.1. The van der Waals surface area contributed by atoms with Crippen LogP contribution in [-0.4, -0.2) is 12.9 Å². The van der Waals surface area contributed by atoms with Gasteiger partial charge in [-0.15, -0.1) is 0 Å². The molecule has 3 rings (SSSR count). The summed E-state index contributed by atoms with van der Waals surface area (Å²) in [5.41, 5.74) is 1.66. The van der Waals surface area contributed by atoms with Crippen molar-refractivity contribution in [3.63, 3.8) is 0 Å². The summed E-state index contributed by atoms with van der Waals surface area (Å²) in [6.45, 7) is 0. The number of ketones is 1. The lowest BCUT2D eigenvalue weighted by molar-refractivity contribution is 0.104. The molecule has 2 nitrogen and oxygen atoms in total. The third kappa shape index (κ3) is 5.49. The van der Waals surface area contributed by atoms with Gasteiger partial charge in [0.1, 0.15) is 5.75 Å². The lowest BCUT2D eigenvalue weighted by Gasteiger charge is -2.12. The Balaban J connectivity index is 2.03. The lowest BCUT2D eigenvalue weighted by Crippen LogP contribution is -2.02. The highest BCUT2D eigenvalue weighted by Gasteiger charge is 2.19. The minimum Gasteiger partial charge on any atom is -0.497 e. The quantitative estimate of drug-likeness (QED) is 0.120. The summed E-state index contributed by atoms with van der Waals surface area (Å²) in [6.07, 6.45) is 0. The second-order valence-electron chi connectivity index (χ2n) is 5.76. The molecule has 0 radical (unpaired) electrons. The van der Waals surface area contributed by atoms with Crippen LogP contribution in [0.15, 0.2) is 91.5 Å². The summed E-state index contributed by atoms with van der Waals surface area (Å²) in [4.78, 5) is 15.0. The molecule has 142 valence electrons. The molecule has 0 aliphatic heterocycles. The maximum Gasteiger partial charge on any atom is 0.200 e. The van der Waals surface area contributed by atoms with Gasteiger partial charge in [0.2, 0.25) is 5.78 Å². The van der Waals surface area contributed by atoms with Crippen LogP contribution in [0.3, 0.4) is 0 Å². The van der Waals surface area contributed by atoms with E-state index in [1.807, 2.05) is 72.8 Å². The molecule has 0 aliphatic rings. The number of methoxy groups -OCH3 is 1. The molecule has 0 amide bonds. The molecule has 0 aromatic heterocycles. The number of allylic oxidation sites excluding steroid dienone is 1. The van der Waals surface area contributed by atoms with Gasteiger partial charge in [-0.05, 0) is 88.8 Å². The Morgan fingerprint density at radius 2 is 1.32 bits per heavy atom. The van der Waals surface area contributed by atoms with Crippen molar-refractivity contribution in [1.82, 2.24) is 0 Å². The fraction of sp³-hybridized carbons (Fsp3) is 0.0455. The van der Waals surface area contributed by atoms with Gasteiger partial charge < -0.3 is 4.74 Å². The van der Waals surface area contributed by atoms with E-state index in [1.54, 1.807) is 7.11 Å². The molecule has 0 saturated carbocycles. The van der Waals surface area contributed by atoms with Crippen molar-refractivity contribution in [2.24, 2.45) is 0 Å². The van der Waals surface area contributed by atoms with Crippen LogP contribution in [0.5, 0.6) is 5.75 Å². The number of thioether (sulfide) groups is 1. The molecular formula is C22H15Br2IO2S. The SMILES string of the molecule is COc1ccc(SC(C(=O)c2ccc(Br)cc2)=C(I)c2ccc(Br)cc2)cc1. The van der Waals surface area contributed by atoms with E-state index in [-0.39, 0.29) is 5.78 Å². The third-order valence-electron chi connectivity index (χ3n) is 3.89. The van der Waals surface area contributed by atoms with Crippen molar-refractivity contribution < 1.29 is 9.53 Å². The maximum atomic E-state index is 13.3. The topological polar surface area (TPSA) is 26.3 Å². The van der Waals surface area contributed by atoms with Crippen molar-refractivity contribution in [3.05, 3.63) is 97.8 Å². The van der Waals surface area contributed by atoms with Crippen LogP contribution in [0.1, 0.15) is 15.9 Å². The molecule has 3 aromatic carbocycles. The summed E-state index contributed by atoms with van der Waals surface area (Å²) in [7, 11) is 1.64. The van der Waals surface area contributed by atoms with Gasteiger partial charge in [-0.3, -0.25) is 4.79 Å². The molecule has 0 saturated heterocycles. The van der Waals surface area contributed by atoms with Crippen molar-refractivity contribution in [2.45, 2.75) is 4.90 Å². The number of ether oxygens (including phenoxy) is 1. The standard InChI is InChI=1S/C22H15Br2IO2S/c1-27-18-10-12-19(13-11-18)28-22(20(25)14-2-6-16(23)7-3-14)21(26)15-4-8-17(24)9-5-15/h2-13H,1H3. The normalized spacial score (nSPS) is 11.7. The van der Waals surface area contributed by atoms with E-state index in [1.165, 1.54) is 11.8 Å². The number of halogens is 3. The zero-order chi connectivity index (χ0) is 20.1. The Kier molecular flexibility index (Phi) is 7.79. The Bertz CT molecular complexity index is 998. The van der Waals surface area contributed by atoms with E-state index in [4.69, 9.17) is 4.74 Å². The first-order chi connectivity index (χ1) is 13.5. The van der Waals surface area contributed by atoms with Gasteiger partial charge in [-0.1, -0.05) is 55.8 Å². The van der Waals surface area contributed by atoms with Crippen LogP contribution in [-0.2, 0) is 0 Å². The van der Waals surface area contributed by atoms with E-state index >= 15 is 0 Å². The number of hydrogen-bond acceptors (Lipinski definition) is 3. The molecule has 0 spiro atoms. The van der Waals surface area contributed by atoms with E-state index in [0.29, 0.717) is 10.5 Å². The monoisotopic (exact) mass is 628 g/mol. The molecule has 3 aromatic rings. The van der Waals surface area contributed by atoms with Crippen LogP contribution in [0.4, 0.5) is 0 Å². The number of rotatable bonds is 6. The highest BCUT2D eigenvalue weighted by atomic mass is 127. The Morgan fingerprint density at radius 3 is 1.82 bits per heavy atom. The molecule has 6 heteroatoms. The predicted molar refractivity (Wildman–Crippen MR) is 132 cm³/mol. The van der Waals surface area contributed by atoms with Crippen LogP contribution in [0, 0.1) is 0 Å². The van der Waals surface area contributed by atoms with Gasteiger partial charge in [0.15, 0.2) is 0 Å². The minimum atomic E-state index is 0.000590. The number of carbonyl (C=O) groups is 1. The Labute approximate surface area is 199 Å². The number of benzene rings is 3. The zero-order valence-electron chi connectivity index (χ0n) is 14.8. The van der Waals surface area contributed by atoms with E-state index in [2.05, 4.69) is 54.5 Å². The lowest BCUT2D eigenvalue weighted by atomic mass is 10.1. The summed E-state index contributed by atoms with van der Waals surface area (Å²) >= 11 is 10.6. The van der Waals surface area contributed by atoms with Crippen LogP contribution < -0.4 is 4.74 Å². The van der Waals surface area contributed by atoms with Crippen LogP contribution in [0.2, 0.25) is 0 Å². The minimum absolute atomic E-state index is 0.000590. The van der Waals surface area contributed by atoms with E-state index in [9.17, 15) is 4.79 Å². The highest BCUT2D eigenvalue weighted by molar-refractivity contribution is 14.1. The second kappa shape index (κ2) is 10.1. The van der Waals surface area contributed by atoms with Gasteiger partial charge in [0.25, 0.3) is 0 Å². The molecular weight excluding hydrogens is 615 g/mol. The molecule has 0 bridgehead atoms. The van der Waals surface area contributed by atoms with Crippen molar-refractivity contribution in [1.29, 1.82) is 0 Å². The zero-order valence-corrected chi connectivity index (χ0v) is 20.9.